The SMILES string of the molecule is N=C/C(=C\N)c1ccc2c(c1)OCCc1sc(C(=O)N(CCO)C3CCCCC3)nc1-2. The van der Waals surface area contributed by atoms with E-state index in [1.54, 1.807) is 0 Å². The number of ether oxygens (including phenoxy) is 1. The van der Waals surface area contributed by atoms with Gasteiger partial charge in [0.2, 0.25) is 0 Å². The highest BCUT2D eigenvalue weighted by atomic mass is 32.1. The smallest absolute Gasteiger partial charge is 0.283 e. The van der Waals surface area contributed by atoms with Gasteiger partial charge < -0.3 is 25.9 Å². The van der Waals surface area contributed by atoms with Crippen LogP contribution in [0.5, 0.6) is 5.75 Å². The zero-order valence-corrected chi connectivity index (χ0v) is 18.3. The van der Waals surface area contributed by atoms with Gasteiger partial charge in [0.25, 0.3) is 5.91 Å². The van der Waals surface area contributed by atoms with Crippen LogP contribution in [0, 0.1) is 5.41 Å². The lowest BCUT2D eigenvalue weighted by atomic mass is 9.94. The predicted octanol–water partition coefficient (Wildman–Crippen LogP) is 3.46. The minimum atomic E-state index is -0.0877. The van der Waals surface area contributed by atoms with Crippen LogP contribution in [-0.4, -0.2) is 52.9 Å². The lowest BCUT2D eigenvalue weighted by Gasteiger charge is -2.33. The minimum absolute atomic E-state index is 0.0448. The van der Waals surface area contributed by atoms with Crippen LogP contribution in [0.15, 0.2) is 24.4 Å². The number of hydrogen-bond donors (Lipinski definition) is 3. The number of nitrogens with one attached hydrogen (secondary N) is 1. The summed E-state index contributed by atoms with van der Waals surface area (Å²) in [6.45, 7) is 0.792. The molecule has 0 atom stereocenters. The number of nitrogens with zero attached hydrogens (tertiary/aromatic N) is 2. The van der Waals surface area contributed by atoms with Crippen LogP contribution in [0.2, 0.25) is 0 Å². The molecule has 2 aliphatic rings. The fourth-order valence-corrected chi connectivity index (χ4v) is 5.41. The highest BCUT2D eigenvalue weighted by Gasteiger charge is 2.30. The van der Waals surface area contributed by atoms with Gasteiger partial charge in [0, 0.05) is 47.4 Å². The van der Waals surface area contributed by atoms with E-state index in [1.807, 2.05) is 23.1 Å². The Morgan fingerprint density at radius 3 is 2.87 bits per heavy atom. The molecule has 8 heteroatoms. The first-order chi connectivity index (χ1) is 15.2. The molecule has 7 nitrogen and oxygen atoms in total. The number of aromatic nitrogens is 1. The number of fused-ring (bicyclic) bond motifs is 3. The molecular formula is C23H28N4O3S. The molecule has 0 unspecified atom stereocenters. The van der Waals surface area contributed by atoms with Crippen LogP contribution >= 0.6 is 11.3 Å². The molecule has 1 aromatic heterocycles. The first kappa shape index (κ1) is 21.5. The Morgan fingerprint density at radius 1 is 1.35 bits per heavy atom. The fraction of sp³-hybridized carbons (Fsp3) is 0.435. The lowest BCUT2D eigenvalue weighted by molar-refractivity contribution is 0.0585. The Balaban J connectivity index is 1.67. The molecule has 1 aromatic carbocycles. The highest BCUT2D eigenvalue weighted by Crippen LogP contribution is 2.39. The van der Waals surface area contributed by atoms with E-state index in [0.29, 0.717) is 35.9 Å². The molecule has 1 saturated carbocycles. The topological polar surface area (TPSA) is 113 Å². The summed E-state index contributed by atoms with van der Waals surface area (Å²) < 4.78 is 5.95. The molecule has 0 radical (unpaired) electrons. The van der Waals surface area contributed by atoms with E-state index >= 15 is 0 Å². The number of allylic oxidation sites excluding steroid dienone is 1. The summed E-state index contributed by atoms with van der Waals surface area (Å²) in [4.78, 5) is 21.0. The largest absolute Gasteiger partial charge is 0.492 e. The Bertz CT molecular complexity index is 995. The maximum absolute atomic E-state index is 13.4. The summed E-state index contributed by atoms with van der Waals surface area (Å²) in [6, 6.07) is 5.86. The van der Waals surface area contributed by atoms with Gasteiger partial charge in [0.15, 0.2) is 5.01 Å². The quantitative estimate of drug-likeness (QED) is 0.596. The number of carbonyl (C=O) groups excluding carboxylic acids is 1. The zero-order valence-electron chi connectivity index (χ0n) is 17.5. The molecule has 2 aromatic rings. The van der Waals surface area contributed by atoms with Crippen LogP contribution in [-0.2, 0) is 6.42 Å². The molecule has 1 amide bonds. The maximum atomic E-state index is 13.4. The monoisotopic (exact) mass is 440 g/mol. The molecule has 0 bridgehead atoms. The van der Waals surface area contributed by atoms with Crippen molar-refractivity contribution in [2.24, 2.45) is 5.73 Å². The molecule has 1 aliphatic carbocycles. The summed E-state index contributed by atoms with van der Waals surface area (Å²) >= 11 is 1.43. The maximum Gasteiger partial charge on any atom is 0.283 e. The molecule has 0 saturated heterocycles. The Hall–Kier alpha value is -2.71. The number of amides is 1. The number of carbonyl (C=O) groups is 1. The molecule has 1 aliphatic heterocycles. The van der Waals surface area contributed by atoms with Crippen LogP contribution < -0.4 is 10.5 Å². The molecule has 1 fully saturated rings. The van der Waals surface area contributed by atoms with Crippen molar-refractivity contribution in [1.29, 1.82) is 5.41 Å². The van der Waals surface area contributed by atoms with Gasteiger partial charge in [-0.05, 0) is 30.5 Å². The number of nitrogens with two attached hydrogens (primary N) is 1. The average Bonchev–Trinajstić information content (AvgIpc) is 3.15. The summed E-state index contributed by atoms with van der Waals surface area (Å²) in [6.07, 6.45) is 8.72. The summed E-state index contributed by atoms with van der Waals surface area (Å²) in [7, 11) is 0. The number of thiazole rings is 1. The summed E-state index contributed by atoms with van der Waals surface area (Å²) in [5.74, 6) is 0.594. The lowest BCUT2D eigenvalue weighted by Crippen LogP contribution is -2.43. The van der Waals surface area contributed by atoms with E-state index in [4.69, 9.17) is 20.9 Å². The minimum Gasteiger partial charge on any atom is -0.492 e. The number of benzene rings is 1. The van der Waals surface area contributed by atoms with Gasteiger partial charge in [-0.1, -0.05) is 25.3 Å². The van der Waals surface area contributed by atoms with Crippen molar-refractivity contribution in [3.8, 4) is 17.0 Å². The Labute approximate surface area is 186 Å². The van der Waals surface area contributed by atoms with E-state index in [-0.39, 0.29) is 18.6 Å². The third-order valence-corrected chi connectivity index (χ3v) is 7.09. The zero-order chi connectivity index (χ0) is 21.8. The molecule has 2 heterocycles. The van der Waals surface area contributed by atoms with Crippen molar-refractivity contribution in [3.05, 3.63) is 39.8 Å². The van der Waals surface area contributed by atoms with Gasteiger partial charge in [0.05, 0.1) is 18.9 Å². The first-order valence-electron chi connectivity index (χ1n) is 10.8. The number of aliphatic hydroxyl groups is 1. The Kier molecular flexibility index (Phi) is 6.67. The number of rotatable bonds is 6. The van der Waals surface area contributed by atoms with E-state index in [9.17, 15) is 9.90 Å². The van der Waals surface area contributed by atoms with Gasteiger partial charge in [-0.25, -0.2) is 4.98 Å². The fourth-order valence-electron chi connectivity index (χ4n) is 4.39. The molecule has 31 heavy (non-hydrogen) atoms. The van der Waals surface area contributed by atoms with E-state index in [2.05, 4.69) is 0 Å². The van der Waals surface area contributed by atoms with Crippen molar-refractivity contribution in [2.75, 3.05) is 19.8 Å². The van der Waals surface area contributed by atoms with Crippen LogP contribution in [0.3, 0.4) is 0 Å². The van der Waals surface area contributed by atoms with E-state index < -0.39 is 0 Å². The van der Waals surface area contributed by atoms with Gasteiger partial charge in [-0.3, -0.25) is 4.79 Å². The van der Waals surface area contributed by atoms with Crippen LogP contribution in [0.4, 0.5) is 0 Å². The summed E-state index contributed by atoms with van der Waals surface area (Å²) in [5.41, 5.74) is 8.67. The standard InChI is InChI=1S/C23H28N4O3S/c24-13-16(14-25)15-6-7-18-19(12-15)30-11-8-20-21(18)26-22(31-20)23(29)27(9-10-28)17-4-2-1-3-5-17/h6-7,12-14,17,24,28H,1-5,8-11,25H2/b16-14+,24-13?. The third kappa shape index (κ3) is 4.36. The van der Waals surface area contributed by atoms with Crippen molar-refractivity contribution in [1.82, 2.24) is 9.88 Å². The normalized spacial score (nSPS) is 16.6. The van der Waals surface area contributed by atoms with Crippen LogP contribution in [0.25, 0.3) is 16.8 Å². The van der Waals surface area contributed by atoms with E-state index in [1.165, 1.54) is 30.2 Å². The first-order valence-corrected chi connectivity index (χ1v) is 11.6. The summed E-state index contributed by atoms with van der Waals surface area (Å²) in [5, 5.41) is 17.5. The Morgan fingerprint density at radius 2 is 2.16 bits per heavy atom. The van der Waals surface area contributed by atoms with Crippen molar-refractivity contribution < 1.29 is 14.6 Å². The molecule has 4 rings (SSSR count). The van der Waals surface area contributed by atoms with Crippen molar-refractivity contribution in [3.63, 3.8) is 0 Å². The molecular weight excluding hydrogens is 412 g/mol. The molecule has 4 N–H and O–H groups in total. The van der Waals surface area contributed by atoms with Gasteiger partial charge in [0.1, 0.15) is 5.75 Å². The van der Waals surface area contributed by atoms with Crippen molar-refractivity contribution >= 4 is 29.0 Å². The third-order valence-electron chi connectivity index (χ3n) is 5.99. The van der Waals surface area contributed by atoms with Gasteiger partial charge >= 0.3 is 0 Å². The number of hydrogen-bond acceptors (Lipinski definition) is 7. The van der Waals surface area contributed by atoms with E-state index in [0.717, 1.165) is 47.4 Å². The van der Waals surface area contributed by atoms with Gasteiger partial charge in [-0.15, -0.1) is 11.3 Å². The number of aliphatic hydroxyl groups excluding tert-OH is 1. The second-order valence-corrected chi connectivity index (χ2v) is 8.96. The van der Waals surface area contributed by atoms with Crippen LogP contribution in [0.1, 0.15) is 52.3 Å². The second-order valence-electron chi connectivity index (χ2n) is 7.88. The predicted molar refractivity (Wildman–Crippen MR) is 123 cm³/mol. The van der Waals surface area contributed by atoms with Crippen molar-refractivity contribution in [2.45, 2.75) is 44.6 Å². The molecule has 164 valence electrons. The molecule has 0 spiro atoms. The second kappa shape index (κ2) is 9.62. The average molecular weight is 441 g/mol. The van der Waals surface area contributed by atoms with Gasteiger partial charge in [-0.2, -0.15) is 0 Å². The highest BCUT2D eigenvalue weighted by molar-refractivity contribution is 7.14.